The Morgan fingerprint density at radius 1 is 1.07 bits per heavy atom. The van der Waals surface area contributed by atoms with Gasteiger partial charge in [-0.25, -0.2) is 8.42 Å². The van der Waals surface area contributed by atoms with E-state index in [1.165, 1.54) is 23.0 Å². The van der Waals surface area contributed by atoms with Crippen molar-refractivity contribution in [3.8, 4) is 5.75 Å². The molecule has 1 aliphatic heterocycles. The summed E-state index contributed by atoms with van der Waals surface area (Å²) in [5.41, 5.74) is 2.89. The number of methoxy groups -OCH3 is 1. The second kappa shape index (κ2) is 8.65. The van der Waals surface area contributed by atoms with Gasteiger partial charge in [0, 0.05) is 25.4 Å². The standard InChI is InChI=1S/C22H28N2O4S/c1-22(2,3)18-7-5-17(6-8-18)16-23-20-10-9-19(15-21(20)27-4)29(25,26)24-11-13-28-14-12-24/h5-10,15-16H,11-14H2,1-4H3. The molecule has 0 bridgehead atoms. The van der Waals surface area contributed by atoms with E-state index >= 15 is 0 Å². The van der Waals surface area contributed by atoms with Gasteiger partial charge in [0.25, 0.3) is 0 Å². The Morgan fingerprint density at radius 2 is 1.72 bits per heavy atom. The topological polar surface area (TPSA) is 68.2 Å². The third kappa shape index (κ3) is 5.04. The molecule has 2 aromatic carbocycles. The van der Waals surface area contributed by atoms with Gasteiger partial charge in [0.1, 0.15) is 11.4 Å². The zero-order valence-corrected chi connectivity index (χ0v) is 18.2. The lowest BCUT2D eigenvalue weighted by Gasteiger charge is -2.26. The molecule has 2 aromatic rings. The minimum Gasteiger partial charge on any atom is -0.494 e. The Kier molecular flexibility index (Phi) is 6.41. The zero-order chi connectivity index (χ0) is 21.1. The molecule has 0 unspecified atom stereocenters. The summed E-state index contributed by atoms with van der Waals surface area (Å²) >= 11 is 0. The Bertz CT molecular complexity index is 971. The summed E-state index contributed by atoms with van der Waals surface area (Å²) in [4.78, 5) is 4.70. The lowest BCUT2D eigenvalue weighted by molar-refractivity contribution is 0.0730. The van der Waals surface area contributed by atoms with Crippen molar-refractivity contribution in [2.45, 2.75) is 31.1 Å². The predicted molar refractivity (Wildman–Crippen MR) is 115 cm³/mol. The van der Waals surface area contributed by atoms with Gasteiger partial charge < -0.3 is 9.47 Å². The van der Waals surface area contributed by atoms with Crippen molar-refractivity contribution in [2.75, 3.05) is 33.4 Å². The van der Waals surface area contributed by atoms with Crippen LogP contribution in [0.4, 0.5) is 5.69 Å². The van der Waals surface area contributed by atoms with Gasteiger partial charge in [0.15, 0.2) is 0 Å². The molecular weight excluding hydrogens is 388 g/mol. The average molecular weight is 417 g/mol. The maximum absolute atomic E-state index is 12.8. The van der Waals surface area contributed by atoms with Gasteiger partial charge in [-0.05, 0) is 28.7 Å². The van der Waals surface area contributed by atoms with Gasteiger partial charge in [0.05, 0.1) is 25.2 Å². The van der Waals surface area contributed by atoms with Crippen LogP contribution in [0.15, 0.2) is 52.4 Å². The summed E-state index contributed by atoms with van der Waals surface area (Å²) < 4.78 is 37.8. The van der Waals surface area contributed by atoms with Gasteiger partial charge in [0.2, 0.25) is 10.0 Å². The van der Waals surface area contributed by atoms with Crippen molar-refractivity contribution >= 4 is 21.9 Å². The Hall–Kier alpha value is -2.22. The van der Waals surface area contributed by atoms with Gasteiger partial charge in [-0.2, -0.15) is 4.31 Å². The monoisotopic (exact) mass is 416 g/mol. The number of benzene rings is 2. The molecule has 1 heterocycles. The zero-order valence-electron chi connectivity index (χ0n) is 17.4. The quantitative estimate of drug-likeness (QED) is 0.696. The molecule has 6 nitrogen and oxygen atoms in total. The fourth-order valence-electron chi connectivity index (χ4n) is 3.07. The van der Waals surface area contributed by atoms with Crippen molar-refractivity contribution in [2.24, 2.45) is 4.99 Å². The van der Waals surface area contributed by atoms with E-state index in [1.807, 2.05) is 12.1 Å². The molecule has 0 amide bonds. The van der Waals surface area contributed by atoms with Crippen LogP contribution < -0.4 is 4.74 Å². The van der Waals surface area contributed by atoms with Crippen LogP contribution in [0.5, 0.6) is 5.75 Å². The molecule has 0 atom stereocenters. The van der Waals surface area contributed by atoms with Crippen LogP contribution >= 0.6 is 0 Å². The van der Waals surface area contributed by atoms with E-state index in [1.54, 1.807) is 18.3 Å². The summed E-state index contributed by atoms with van der Waals surface area (Å²) in [5.74, 6) is 0.418. The summed E-state index contributed by atoms with van der Waals surface area (Å²) in [6.07, 6.45) is 1.75. The maximum Gasteiger partial charge on any atom is 0.243 e. The number of aliphatic imine (C=N–C) groups is 1. The van der Waals surface area contributed by atoms with Gasteiger partial charge >= 0.3 is 0 Å². The fourth-order valence-corrected chi connectivity index (χ4v) is 4.50. The molecule has 1 fully saturated rings. The molecule has 1 aliphatic rings. The van der Waals surface area contributed by atoms with E-state index in [-0.39, 0.29) is 10.3 Å². The van der Waals surface area contributed by atoms with Crippen LogP contribution in [0.25, 0.3) is 0 Å². The van der Waals surface area contributed by atoms with Crippen LogP contribution in [-0.4, -0.2) is 52.4 Å². The van der Waals surface area contributed by atoms with Crippen LogP contribution in [0, 0.1) is 0 Å². The first-order valence-corrected chi connectivity index (χ1v) is 11.1. The van der Waals surface area contributed by atoms with E-state index in [0.29, 0.717) is 37.7 Å². The summed E-state index contributed by atoms with van der Waals surface area (Å²) in [6.45, 7) is 8.05. The molecule has 3 rings (SSSR count). The number of hydrogen-bond acceptors (Lipinski definition) is 5. The minimum absolute atomic E-state index is 0.0979. The molecule has 156 valence electrons. The Labute approximate surface area is 173 Å². The fraction of sp³-hybridized carbons (Fsp3) is 0.409. The Morgan fingerprint density at radius 3 is 2.31 bits per heavy atom. The van der Waals surface area contributed by atoms with Crippen molar-refractivity contribution < 1.29 is 17.9 Å². The second-order valence-corrected chi connectivity index (χ2v) is 9.92. The van der Waals surface area contributed by atoms with Crippen LogP contribution in [0.1, 0.15) is 31.9 Å². The average Bonchev–Trinajstić information content (AvgIpc) is 2.72. The molecule has 1 saturated heterocycles. The van der Waals surface area contributed by atoms with E-state index in [4.69, 9.17) is 9.47 Å². The lowest BCUT2D eigenvalue weighted by Crippen LogP contribution is -2.40. The lowest BCUT2D eigenvalue weighted by atomic mass is 9.87. The number of sulfonamides is 1. The van der Waals surface area contributed by atoms with Gasteiger partial charge in [-0.15, -0.1) is 0 Å². The molecule has 0 saturated carbocycles. The summed E-state index contributed by atoms with van der Waals surface area (Å²) in [6, 6.07) is 13.0. The molecule has 0 radical (unpaired) electrons. The highest BCUT2D eigenvalue weighted by atomic mass is 32.2. The summed E-state index contributed by atoms with van der Waals surface area (Å²) in [7, 11) is -2.06. The largest absolute Gasteiger partial charge is 0.494 e. The van der Waals surface area contributed by atoms with E-state index < -0.39 is 10.0 Å². The first kappa shape index (κ1) is 21.5. The van der Waals surface area contributed by atoms with E-state index in [0.717, 1.165) is 5.56 Å². The Balaban J connectivity index is 1.83. The highest BCUT2D eigenvalue weighted by Gasteiger charge is 2.27. The summed E-state index contributed by atoms with van der Waals surface area (Å²) in [5, 5.41) is 0. The van der Waals surface area contributed by atoms with Crippen molar-refractivity contribution in [1.29, 1.82) is 0 Å². The SMILES string of the molecule is COc1cc(S(=O)(=O)N2CCOCC2)ccc1N=Cc1ccc(C(C)(C)C)cc1. The van der Waals surface area contributed by atoms with E-state index in [2.05, 4.69) is 37.9 Å². The van der Waals surface area contributed by atoms with Crippen LogP contribution in [0.3, 0.4) is 0 Å². The smallest absolute Gasteiger partial charge is 0.243 e. The molecule has 0 aliphatic carbocycles. The molecule has 7 heteroatoms. The van der Waals surface area contributed by atoms with Crippen LogP contribution in [0.2, 0.25) is 0 Å². The van der Waals surface area contributed by atoms with Crippen molar-refractivity contribution in [1.82, 2.24) is 4.31 Å². The number of rotatable bonds is 5. The normalized spacial score (nSPS) is 16.3. The molecule has 29 heavy (non-hydrogen) atoms. The minimum atomic E-state index is -3.58. The van der Waals surface area contributed by atoms with Crippen molar-refractivity contribution in [3.05, 3.63) is 53.6 Å². The number of hydrogen-bond donors (Lipinski definition) is 0. The third-order valence-electron chi connectivity index (χ3n) is 4.89. The second-order valence-electron chi connectivity index (χ2n) is 7.98. The highest BCUT2D eigenvalue weighted by molar-refractivity contribution is 7.89. The first-order chi connectivity index (χ1) is 13.7. The predicted octanol–water partition coefficient (Wildman–Crippen LogP) is 3.76. The van der Waals surface area contributed by atoms with Gasteiger partial charge in [-0.1, -0.05) is 45.0 Å². The molecule has 0 spiro atoms. The van der Waals surface area contributed by atoms with Crippen LogP contribution in [-0.2, 0) is 20.2 Å². The number of ether oxygens (including phenoxy) is 2. The van der Waals surface area contributed by atoms with Crippen molar-refractivity contribution in [3.63, 3.8) is 0 Å². The highest BCUT2D eigenvalue weighted by Crippen LogP contribution is 2.31. The molecule has 0 N–H and O–H groups in total. The number of nitrogens with zero attached hydrogens (tertiary/aromatic N) is 2. The maximum atomic E-state index is 12.8. The van der Waals surface area contributed by atoms with E-state index in [9.17, 15) is 8.42 Å². The molecule has 0 aromatic heterocycles. The van der Waals surface area contributed by atoms with Gasteiger partial charge in [-0.3, -0.25) is 4.99 Å². The third-order valence-corrected chi connectivity index (χ3v) is 6.78. The number of morpholine rings is 1. The molecular formula is C22H28N2O4S. The first-order valence-electron chi connectivity index (χ1n) is 9.62.